The molecule has 0 saturated heterocycles. The van der Waals surface area contributed by atoms with Crippen LogP contribution in [0, 0.1) is 5.41 Å². The van der Waals surface area contributed by atoms with Crippen molar-refractivity contribution in [3.8, 4) is 0 Å². The van der Waals surface area contributed by atoms with Crippen LogP contribution in [0.2, 0.25) is 0 Å². The van der Waals surface area contributed by atoms with Gasteiger partial charge in [0.1, 0.15) is 0 Å². The van der Waals surface area contributed by atoms with Gasteiger partial charge in [0, 0.05) is 5.56 Å². The molecule has 20 heavy (non-hydrogen) atoms. The molecule has 0 aromatic heterocycles. The molecule has 0 spiro atoms. The summed E-state index contributed by atoms with van der Waals surface area (Å²) in [5.41, 5.74) is -0.481. The quantitative estimate of drug-likeness (QED) is 0.662. The molecule has 1 N–H and O–H groups in total. The Morgan fingerprint density at radius 2 is 1.85 bits per heavy atom. The van der Waals surface area contributed by atoms with Crippen LogP contribution < -0.4 is 0 Å². The fourth-order valence-corrected chi connectivity index (χ4v) is 2.95. The second kappa shape index (κ2) is 6.18. The number of esters is 1. The van der Waals surface area contributed by atoms with E-state index in [2.05, 4.69) is 0 Å². The van der Waals surface area contributed by atoms with Gasteiger partial charge in [-0.05, 0) is 19.8 Å². The van der Waals surface area contributed by atoms with E-state index in [0.29, 0.717) is 18.4 Å². The van der Waals surface area contributed by atoms with Crippen LogP contribution in [0.15, 0.2) is 30.3 Å². The Morgan fingerprint density at radius 3 is 2.40 bits per heavy atom. The van der Waals surface area contributed by atoms with Crippen molar-refractivity contribution < 1.29 is 19.4 Å². The van der Waals surface area contributed by atoms with Crippen LogP contribution in [0.25, 0.3) is 0 Å². The average molecular weight is 276 g/mol. The molecular weight excluding hydrogens is 256 g/mol. The molecular formula is C16H20O4. The number of benzene rings is 1. The Kier molecular flexibility index (Phi) is 4.55. The number of rotatable bonds is 5. The van der Waals surface area contributed by atoms with Crippen molar-refractivity contribution in [2.45, 2.75) is 38.7 Å². The number of carbonyl (C=O) groups is 2. The third-order valence-corrected chi connectivity index (χ3v) is 4.02. The summed E-state index contributed by atoms with van der Waals surface area (Å²) in [5, 5.41) is 10.3. The molecule has 2 rings (SSSR count). The Labute approximate surface area is 118 Å². The van der Waals surface area contributed by atoms with Crippen LogP contribution in [0.1, 0.15) is 43.0 Å². The lowest BCUT2D eigenvalue weighted by molar-refractivity contribution is -0.158. The predicted molar refractivity (Wildman–Crippen MR) is 74.3 cm³/mol. The summed E-state index contributed by atoms with van der Waals surface area (Å²) in [6.45, 7) is 1.89. The van der Waals surface area contributed by atoms with E-state index < -0.39 is 17.5 Å². The Balaban J connectivity index is 2.30. The van der Waals surface area contributed by atoms with E-state index in [1.165, 1.54) is 0 Å². The first kappa shape index (κ1) is 14.7. The van der Waals surface area contributed by atoms with Crippen LogP contribution in [-0.2, 0) is 9.53 Å². The van der Waals surface area contributed by atoms with Crippen molar-refractivity contribution in [2.75, 3.05) is 6.61 Å². The number of carbonyl (C=O) groups excluding carboxylic acids is 2. The number of ether oxygens (including phenoxy) is 1. The molecule has 1 fully saturated rings. The minimum Gasteiger partial charge on any atom is -0.464 e. The summed E-state index contributed by atoms with van der Waals surface area (Å²) in [4.78, 5) is 24.6. The fourth-order valence-electron chi connectivity index (χ4n) is 2.95. The highest BCUT2D eigenvalue weighted by molar-refractivity contribution is 6.03. The molecule has 1 aromatic carbocycles. The highest BCUT2D eigenvalue weighted by Gasteiger charge is 2.50. The zero-order chi connectivity index (χ0) is 14.6. The number of hydrogen-bond donors (Lipinski definition) is 1. The van der Waals surface area contributed by atoms with Gasteiger partial charge in [-0.15, -0.1) is 0 Å². The first-order valence-electron chi connectivity index (χ1n) is 7.06. The Hall–Kier alpha value is -1.68. The van der Waals surface area contributed by atoms with Gasteiger partial charge in [0.25, 0.3) is 0 Å². The maximum absolute atomic E-state index is 12.8. The van der Waals surface area contributed by atoms with E-state index in [1.54, 1.807) is 31.2 Å². The van der Waals surface area contributed by atoms with E-state index in [-0.39, 0.29) is 12.4 Å². The van der Waals surface area contributed by atoms with Gasteiger partial charge >= 0.3 is 5.97 Å². The molecule has 0 amide bonds. The van der Waals surface area contributed by atoms with Crippen LogP contribution in [0.3, 0.4) is 0 Å². The van der Waals surface area contributed by atoms with Gasteiger partial charge in [0.05, 0.1) is 12.0 Å². The van der Waals surface area contributed by atoms with Crippen LogP contribution in [0.4, 0.5) is 0 Å². The number of aliphatic hydroxyl groups is 1. The van der Waals surface area contributed by atoms with E-state index in [0.717, 1.165) is 12.8 Å². The molecule has 1 saturated carbocycles. The molecule has 1 aromatic rings. The second-order valence-electron chi connectivity index (χ2n) is 5.21. The monoisotopic (exact) mass is 276 g/mol. The van der Waals surface area contributed by atoms with Crippen molar-refractivity contribution in [1.29, 1.82) is 0 Å². The zero-order valence-corrected chi connectivity index (χ0v) is 11.7. The number of hydrogen-bond acceptors (Lipinski definition) is 4. The van der Waals surface area contributed by atoms with E-state index >= 15 is 0 Å². The Bertz CT molecular complexity index is 475. The highest BCUT2D eigenvalue weighted by Crippen LogP contribution is 2.44. The van der Waals surface area contributed by atoms with Gasteiger partial charge in [0.15, 0.2) is 11.9 Å². The topological polar surface area (TPSA) is 63.6 Å². The van der Waals surface area contributed by atoms with Crippen LogP contribution >= 0.6 is 0 Å². The molecule has 0 aliphatic heterocycles. The van der Waals surface area contributed by atoms with Gasteiger partial charge in [0.2, 0.25) is 0 Å². The van der Waals surface area contributed by atoms with Crippen LogP contribution in [-0.4, -0.2) is 29.6 Å². The van der Waals surface area contributed by atoms with Gasteiger partial charge in [-0.3, -0.25) is 4.79 Å². The fraction of sp³-hybridized carbons (Fsp3) is 0.500. The normalized spacial score (nSPS) is 18.5. The first-order valence-corrected chi connectivity index (χ1v) is 7.06. The van der Waals surface area contributed by atoms with Gasteiger partial charge < -0.3 is 9.84 Å². The van der Waals surface area contributed by atoms with E-state index in [1.807, 2.05) is 6.07 Å². The minimum atomic E-state index is -1.38. The molecule has 4 heteroatoms. The van der Waals surface area contributed by atoms with Crippen molar-refractivity contribution in [3.05, 3.63) is 35.9 Å². The summed E-state index contributed by atoms with van der Waals surface area (Å²) in [7, 11) is 0. The van der Waals surface area contributed by atoms with E-state index in [4.69, 9.17) is 4.74 Å². The third-order valence-electron chi connectivity index (χ3n) is 4.02. The summed E-state index contributed by atoms with van der Waals surface area (Å²) in [5.74, 6) is -0.852. The lowest BCUT2D eigenvalue weighted by atomic mass is 9.74. The zero-order valence-electron chi connectivity index (χ0n) is 11.7. The number of ketones is 1. The van der Waals surface area contributed by atoms with Crippen molar-refractivity contribution in [2.24, 2.45) is 5.41 Å². The van der Waals surface area contributed by atoms with Crippen molar-refractivity contribution >= 4 is 11.8 Å². The SMILES string of the molecule is CCOC(=O)[C@@H](O)C1(C(=O)c2ccccc2)CCCC1. The molecule has 0 heterocycles. The molecule has 1 atom stereocenters. The van der Waals surface area contributed by atoms with Gasteiger partial charge in [-0.1, -0.05) is 43.2 Å². The molecule has 108 valence electrons. The molecule has 0 unspecified atom stereocenters. The van der Waals surface area contributed by atoms with Gasteiger partial charge in [-0.25, -0.2) is 4.79 Å². The predicted octanol–water partition coefficient (Wildman–Crippen LogP) is 2.35. The maximum Gasteiger partial charge on any atom is 0.336 e. The van der Waals surface area contributed by atoms with Crippen LogP contribution in [0.5, 0.6) is 0 Å². The largest absolute Gasteiger partial charge is 0.464 e. The summed E-state index contributed by atoms with van der Waals surface area (Å²) in [6, 6.07) is 8.85. The molecule has 0 radical (unpaired) electrons. The first-order chi connectivity index (χ1) is 9.62. The highest BCUT2D eigenvalue weighted by atomic mass is 16.5. The molecule has 1 aliphatic rings. The Morgan fingerprint density at radius 1 is 1.25 bits per heavy atom. The van der Waals surface area contributed by atoms with E-state index in [9.17, 15) is 14.7 Å². The average Bonchev–Trinajstić information content (AvgIpc) is 2.97. The summed E-state index contributed by atoms with van der Waals surface area (Å²) >= 11 is 0. The maximum atomic E-state index is 12.8. The minimum absolute atomic E-state index is 0.156. The van der Waals surface area contributed by atoms with Crippen molar-refractivity contribution in [1.82, 2.24) is 0 Å². The molecule has 1 aliphatic carbocycles. The second-order valence-corrected chi connectivity index (χ2v) is 5.21. The molecule has 0 bridgehead atoms. The summed E-state index contributed by atoms with van der Waals surface area (Å²) in [6.07, 6.45) is 1.36. The van der Waals surface area contributed by atoms with Crippen molar-refractivity contribution in [3.63, 3.8) is 0 Å². The summed E-state index contributed by atoms with van der Waals surface area (Å²) < 4.78 is 4.89. The smallest absolute Gasteiger partial charge is 0.336 e. The molecule has 4 nitrogen and oxygen atoms in total. The lowest BCUT2D eigenvalue weighted by Gasteiger charge is -2.31. The number of aliphatic hydroxyl groups excluding tert-OH is 1. The standard InChI is InChI=1S/C16H20O4/c1-2-20-15(19)14(18)16(10-6-7-11-16)13(17)12-8-4-3-5-9-12/h3-5,8-9,14,18H,2,6-7,10-11H2,1H3/t14-/m1/s1. The third kappa shape index (κ3) is 2.61. The number of Topliss-reactive ketones (excluding diaryl/α,β-unsaturated/α-hetero) is 1. The lowest BCUT2D eigenvalue weighted by Crippen LogP contribution is -2.45. The van der Waals surface area contributed by atoms with Gasteiger partial charge in [-0.2, -0.15) is 0 Å².